The van der Waals surface area contributed by atoms with E-state index in [0.717, 1.165) is 18.7 Å². The van der Waals surface area contributed by atoms with Crippen LogP contribution in [-0.4, -0.2) is 48.1 Å². The molecule has 2 aromatic heterocycles. The van der Waals surface area contributed by atoms with E-state index in [2.05, 4.69) is 15.2 Å². The molecule has 0 aliphatic carbocycles. The SMILES string of the molecule is Cc1oc(-c2ccco2)nc1CC(=O)NC[C@H]1CN(Cc2ccc(Cl)c(Cl)c2)CCO1. The number of aryl methyl sites for hydroxylation is 1. The molecule has 1 atom stereocenters. The maximum atomic E-state index is 12.4. The standard InChI is InChI=1S/C22H23Cl2N3O4/c1-14-19(26-22(31-14)20-3-2-7-30-20)10-21(28)25-11-16-13-27(6-8-29-16)12-15-4-5-17(23)18(24)9-15/h2-5,7,9,16H,6,8,10-13H2,1H3,(H,25,28)/t16-/m0/s1. The molecular formula is C22H23Cl2N3O4. The van der Waals surface area contributed by atoms with Gasteiger partial charge in [0.15, 0.2) is 5.76 Å². The first-order chi connectivity index (χ1) is 15.0. The lowest BCUT2D eigenvalue weighted by Crippen LogP contribution is -2.47. The van der Waals surface area contributed by atoms with E-state index < -0.39 is 0 Å². The van der Waals surface area contributed by atoms with E-state index in [1.54, 1.807) is 31.4 Å². The van der Waals surface area contributed by atoms with Crippen molar-refractivity contribution in [2.75, 3.05) is 26.2 Å². The Morgan fingerprint density at radius 1 is 1.29 bits per heavy atom. The van der Waals surface area contributed by atoms with Crippen LogP contribution < -0.4 is 5.32 Å². The number of halogens is 2. The molecule has 0 saturated carbocycles. The van der Waals surface area contributed by atoms with Crippen molar-refractivity contribution in [3.63, 3.8) is 0 Å². The molecule has 3 aromatic rings. The molecular weight excluding hydrogens is 441 g/mol. The normalized spacial score (nSPS) is 17.1. The molecule has 9 heteroatoms. The lowest BCUT2D eigenvalue weighted by atomic mass is 10.2. The molecule has 1 fully saturated rings. The highest BCUT2D eigenvalue weighted by Crippen LogP contribution is 2.24. The van der Waals surface area contributed by atoms with E-state index in [1.165, 1.54) is 0 Å². The Bertz CT molecular complexity index is 1040. The first-order valence-electron chi connectivity index (χ1n) is 10.0. The van der Waals surface area contributed by atoms with Crippen LogP contribution in [0.4, 0.5) is 0 Å². The fraction of sp³-hybridized carbons (Fsp3) is 0.364. The second kappa shape index (κ2) is 9.87. The van der Waals surface area contributed by atoms with Gasteiger partial charge in [0.1, 0.15) is 5.76 Å². The average molecular weight is 464 g/mol. The summed E-state index contributed by atoms with van der Waals surface area (Å²) in [5.41, 5.74) is 1.68. The summed E-state index contributed by atoms with van der Waals surface area (Å²) in [6.07, 6.45) is 1.60. The van der Waals surface area contributed by atoms with Crippen LogP contribution in [0.15, 0.2) is 45.4 Å². The number of morpholine rings is 1. The summed E-state index contributed by atoms with van der Waals surface area (Å²) in [6, 6.07) is 9.18. The molecule has 7 nitrogen and oxygen atoms in total. The van der Waals surface area contributed by atoms with Gasteiger partial charge in [0, 0.05) is 26.2 Å². The topological polar surface area (TPSA) is 80.7 Å². The third kappa shape index (κ3) is 5.68. The minimum absolute atomic E-state index is 0.0856. The number of nitrogens with zero attached hydrogens (tertiary/aromatic N) is 2. The molecule has 1 N–H and O–H groups in total. The summed E-state index contributed by atoms with van der Waals surface area (Å²) in [5, 5.41) is 4.04. The van der Waals surface area contributed by atoms with Gasteiger partial charge in [0.25, 0.3) is 5.89 Å². The van der Waals surface area contributed by atoms with Gasteiger partial charge in [-0.05, 0) is 36.8 Å². The number of aromatic nitrogens is 1. The monoisotopic (exact) mass is 463 g/mol. The van der Waals surface area contributed by atoms with Gasteiger partial charge in [-0.3, -0.25) is 9.69 Å². The first kappa shape index (κ1) is 21.9. The van der Waals surface area contributed by atoms with Gasteiger partial charge >= 0.3 is 0 Å². The van der Waals surface area contributed by atoms with Crippen molar-refractivity contribution >= 4 is 29.1 Å². The molecule has 1 aliphatic heterocycles. The summed E-state index contributed by atoms with van der Waals surface area (Å²) in [4.78, 5) is 19.1. The Hall–Kier alpha value is -2.32. The molecule has 4 rings (SSSR count). The summed E-state index contributed by atoms with van der Waals surface area (Å²) in [6.45, 7) is 5.10. The zero-order valence-corrected chi connectivity index (χ0v) is 18.6. The second-order valence-electron chi connectivity index (χ2n) is 7.46. The van der Waals surface area contributed by atoms with Crippen LogP contribution in [-0.2, 0) is 22.5 Å². The number of rotatable bonds is 7. The van der Waals surface area contributed by atoms with E-state index in [4.69, 9.17) is 36.8 Å². The van der Waals surface area contributed by atoms with Crippen LogP contribution in [0.1, 0.15) is 17.0 Å². The van der Waals surface area contributed by atoms with Crippen LogP contribution in [0.25, 0.3) is 11.7 Å². The van der Waals surface area contributed by atoms with E-state index >= 15 is 0 Å². The minimum Gasteiger partial charge on any atom is -0.459 e. The Morgan fingerprint density at radius 3 is 2.94 bits per heavy atom. The molecule has 0 radical (unpaired) electrons. The van der Waals surface area contributed by atoms with Gasteiger partial charge < -0.3 is 18.9 Å². The molecule has 0 spiro atoms. The fourth-order valence-corrected chi connectivity index (χ4v) is 3.80. The number of furan rings is 1. The van der Waals surface area contributed by atoms with Gasteiger partial charge in [-0.1, -0.05) is 29.3 Å². The van der Waals surface area contributed by atoms with E-state index in [9.17, 15) is 4.79 Å². The second-order valence-corrected chi connectivity index (χ2v) is 8.27. The number of hydrogen-bond acceptors (Lipinski definition) is 6. The number of carbonyl (C=O) groups excluding carboxylic acids is 1. The predicted molar refractivity (Wildman–Crippen MR) is 117 cm³/mol. The molecule has 164 valence electrons. The van der Waals surface area contributed by atoms with Gasteiger partial charge in [-0.15, -0.1) is 0 Å². The smallest absolute Gasteiger partial charge is 0.263 e. The van der Waals surface area contributed by atoms with Crippen molar-refractivity contribution < 1.29 is 18.4 Å². The first-order valence-corrected chi connectivity index (χ1v) is 10.8. The molecule has 1 saturated heterocycles. The van der Waals surface area contributed by atoms with E-state index in [0.29, 0.717) is 52.8 Å². The zero-order valence-electron chi connectivity index (χ0n) is 17.1. The minimum atomic E-state index is -0.132. The fourth-order valence-electron chi connectivity index (χ4n) is 3.48. The molecule has 0 bridgehead atoms. The largest absolute Gasteiger partial charge is 0.459 e. The van der Waals surface area contributed by atoms with Gasteiger partial charge in [0.2, 0.25) is 5.91 Å². The molecule has 1 aliphatic rings. The Labute approximate surface area is 190 Å². The summed E-state index contributed by atoms with van der Waals surface area (Å²) < 4.78 is 16.7. The van der Waals surface area contributed by atoms with Crippen molar-refractivity contribution in [3.05, 3.63) is 63.7 Å². The molecule has 3 heterocycles. The quantitative estimate of drug-likeness (QED) is 0.567. The maximum Gasteiger partial charge on any atom is 0.263 e. The summed E-state index contributed by atoms with van der Waals surface area (Å²) in [7, 11) is 0. The summed E-state index contributed by atoms with van der Waals surface area (Å²) >= 11 is 12.1. The van der Waals surface area contributed by atoms with Crippen molar-refractivity contribution in [2.45, 2.75) is 26.0 Å². The predicted octanol–water partition coefficient (Wildman–Crippen LogP) is 4.11. The number of amides is 1. The highest BCUT2D eigenvalue weighted by Gasteiger charge is 2.22. The molecule has 1 aromatic carbocycles. The van der Waals surface area contributed by atoms with E-state index in [-0.39, 0.29) is 18.4 Å². The summed E-state index contributed by atoms with van der Waals surface area (Å²) in [5.74, 6) is 1.38. The van der Waals surface area contributed by atoms with Crippen molar-refractivity contribution in [1.29, 1.82) is 0 Å². The number of nitrogens with one attached hydrogen (secondary N) is 1. The lowest BCUT2D eigenvalue weighted by Gasteiger charge is -2.33. The Balaban J connectivity index is 1.27. The Morgan fingerprint density at radius 2 is 2.16 bits per heavy atom. The molecule has 0 unspecified atom stereocenters. The number of benzene rings is 1. The third-order valence-corrected chi connectivity index (χ3v) is 5.83. The van der Waals surface area contributed by atoms with Crippen molar-refractivity contribution in [2.24, 2.45) is 0 Å². The number of hydrogen-bond donors (Lipinski definition) is 1. The van der Waals surface area contributed by atoms with Crippen molar-refractivity contribution in [3.8, 4) is 11.7 Å². The number of ether oxygens (including phenoxy) is 1. The molecule has 31 heavy (non-hydrogen) atoms. The number of carbonyl (C=O) groups is 1. The van der Waals surface area contributed by atoms with Crippen LogP contribution in [0.2, 0.25) is 10.0 Å². The van der Waals surface area contributed by atoms with Crippen molar-refractivity contribution in [1.82, 2.24) is 15.2 Å². The number of oxazole rings is 1. The van der Waals surface area contributed by atoms with Gasteiger partial charge in [-0.25, -0.2) is 4.98 Å². The third-order valence-electron chi connectivity index (χ3n) is 5.09. The highest BCUT2D eigenvalue weighted by atomic mass is 35.5. The zero-order chi connectivity index (χ0) is 21.8. The van der Waals surface area contributed by atoms with Crippen LogP contribution in [0.5, 0.6) is 0 Å². The van der Waals surface area contributed by atoms with Gasteiger partial charge in [0.05, 0.1) is 41.1 Å². The van der Waals surface area contributed by atoms with Crippen LogP contribution in [0, 0.1) is 6.92 Å². The van der Waals surface area contributed by atoms with Crippen LogP contribution >= 0.6 is 23.2 Å². The average Bonchev–Trinajstić information content (AvgIpc) is 3.40. The van der Waals surface area contributed by atoms with E-state index in [1.807, 2.05) is 12.1 Å². The maximum absolute atomic E-state index is 12.4. The Kier molecular flexibility index (Phi) is 6.97. The highest BCUT2D eigenvalue weighted by molar-refractivity contribution is 6.42. The van der Waals surface area contributed by atoms with Crippen LogP contribution in [0.3, 0.4) is 0 Å². The molecule has 1 amide bonds. The lowest BCUT2D eigenvalue weighted by molar-refractivity contribution is -0.121. The van der Waals surface area contributed by atoms with Gasteiger partial charge in [-0.2, -0.15) is 0 Å².